The molecule has 0 aromatic heterocycles. The second-order valence-electron chi connectivity index (χ2n) is 6.75. The number of rotatable bonds is 6. The molecule has 2 N–H and O–H groups in total. The third-order valence-electron chi connectivity index (χ3n) is 4.25. The monoisotopic (exact) mass is 439 g/mol. The van der Waals surface area contributed by atoms with Crippen LogP contribution in [0.5, 0.6) is 0 Å². The molecule has 0 aromatic carbocycles. The fourth-order valence-corrected chi connectivity index (χ4v) is 2.64. The first-order valence-electron chi connectivity index (χ1n) is 8.26. The fraction of sp³-hybridized carbons (Fsp3) is 0.875. The quantitative estimate of drug-likeness (QED) is 0.374. The molecule has 1 amide bonds. The zero-order valence-electron chi connectivity index (χ0n) is 15.3. The average Bonchev–Trinajstić information content (AvgIpc) is 2.51. The molecule has 0 saturated carbocycles. The maximum atomic E-state index is 11.6. The standard InChI is InChI=1S/C16H33N5O.HI/c1-16(2,21-11-7-6-8-12-21)13-19-15(17-3)18-10-9-14(22)20(4)5;/h6-13H2,1-5H3,(H2,17,18,19);1H. The first-order chi connectivity index (χ1) is 10.4. The summed E-state index contributed by atoms with van der Waals surface area (Å²) in [6.45, 7) is 8.34. The molecule has 136 valence electrons. The van der Waals surface area contributed by atoms with Gasteiger partial charge in [-0.3, -0.25) is 14.7 Å². The van der Waals surface area contributed by atoms with Gasteiger partial charge in [0.1, 0.15) is 0 Å². The molecule has 0 aliphatic carbocycles. The van der Waals surface area contributed by atoms with Crippen LogP contribution >= 0.6 is 24.0 Å². The Morgan fingerprint density at radius 2 is 1.78 bits per heavy atom. The van der Waals surface area contributed by atoms with E-state index in [1.807, 2.05) is 0 Å². The number of amides is 1. The van der Waals surface area contributed by atoms with Gasteiger partial charge in [-0.1, -0.05) is 6.42 Å². The number of carbonyl (C=O) groups is 1. The van der Waals surface area contributed by atoms with Crippen LogP contribution in [0.3, 0.4) is 0 Å². The minimum atomic E-state index is 0. The first kappa shape index (κ1) is 22.4. The molecule has 23 heavy (non-hydrogen) atoms. The van der Waals surface area contributed by atoms with Crippen LogP contribution < -0.4 is 10.6 Å². The lowest BCUT2D eigenvalue weighted by Crippen LogP contribution is -2.55. The Morgan fingerprint density at radius 1 is 1.17 bits per heavy atom. The summed E-state index contributed by atoms with van der Waals surface area (Å²) in [6, 6.07) is 0. The number of hydrogen-bond acceptors (Lipinski definition) is 3. The van der Waals surface area contributed by atoms with Crippen LogP contribution in [0.15, 0.2) is 4.99 Å². The molecule has 1 fully saturated rings. The van der Waals surface area contributed by atoms with Crippen molar-refractivity contribution in [3.8, 4) is 0 Å². The van der Waals surface area contributed by atoms with E-state index in [0.29, 0.717) is 13.0 Å². The molecule has 0 atom stereocenters. The van der Waals surface area contributed by atoms with Gasteiger partial charge in [0.25, 0.3) is 0 Å². The lowest BCUT2D eigenvalue weighted by molar-refractivity contribution is -0.128. The molecule has 7 heteroatoms. The zero-order valence-corrected chi connectivity index (χ0v) is 17.6. The van der Waals surface area contributed by atoms with Crippen LogP contribution in [0.4, 0.5) is 0 Å². The van der Waals surface area contributed by atoms with E-state index < -0.39 is 0 Å². The van der Waals surface area contributed by atoms with E-state index in [4.69, 9.17) is 0 Å². The van der Waals surface area contributed by atoms with E-state index in [0.717, 1.165) is 12.5 Å². The molecular weight excluding hydrogens is 405 g/mol. The maximum absolute atomic E-state index is 11.6. The van der Waals surface area contributed by atoms with Gasteiger partial charge in [0.2, 0.25) is 5.91 Å². The molecule has 1 aliphatic heterocycles. The summed E-state index contributed by atoms with van der Waals surface area (Å²) in [5.74, 6) is 0.883. The molecular formula is C16H34IN5O. The van der Waals surface area contributed by atoms with Crippen molar-refractivity contribution in [3.05, 3.63) is 0 Å². The van der Waals surface area contributed by atoms with Crippen LogP contribution in [0.1, 0.15) is 39.5 Å². The van der Waals surface area contributed by atoms with Crippen LogP contribution in [-0.4, -0.2) is 74.5 Å². The highest BCUT2D eigenvalue weighted by atomic mass is 127. The Kier molecular flexibility index (Phi) is 10.8. The van der Waals surface area contributed by atoms with Crippen LogP contribution in [0.2, 0.25) is 0 Å². The molecule has 0 radical (unpaired) electrons. The Bertz CT molecular complexity index is 379. The van der Waals surface area contributed by atoms with Crippen molar-refractivity contribution in [1.82, 2.24) is 20.4 Å². The third kappa shape index (κ3) is 8.19. The molecule has 0 bridgehead atoms. The van der Waals surface area contributed by atoms with Crippen molar-refractivity contribution < 1.29 is 4.79 Å². The molecule has 6 nitrogen and oxygen atoms in total. The summed E-state index contributed by atoms with van der Waals surface area (Å²) in [5, 5.41) is 6.59. The van der Waals surface area contributed by atoms with E-state index in [9.17, 15) is 4.79 Å². The van der Waals surface area contributed by atoms with E-state index in [-0.39, 0.29) is 35.4 Å². The average molecular weight is 439 g/mol. The van der Waals surface area contributed by atoms with Gasteiger partial charge >= 0.3 is 0 Å². The van der Waals surface area contributed by atoms with Gasteiger partial charge in [-0.25, -0.2) is 0 Å². The second kappa shape index (κ2) is 11.1. The summed E-state index contributed by atoms with van der Waals surface area (Å²) < 4.78 is 0. The Morgan fingerprint density at radius 3 is 2.30 bits per heavy atom. The first-order valence-corrected chi connectivity index (χ1v) is 8.26. The van der Waals surface area contributed by atoms with Gasteiger partial charge in [0.05, 0.1) is 0 Å². The van der Waals surface area contributed by atoms with Crippen molar-refractivity contribution in [1.29, 1.82) is 0 Å². The molecule has 1 aliphatic rings. The van der Waals surface area contributed by atoms with Crippen molar-refractivity contribution in [3.63, 3.8) is 0 Å². The van der Waals surface area contributed by atoms with Crippen molar-refractivity contribution in [2.45, 2.75) is 45.1 Å². The van der Waals surface area contributed by atoms with Crippen LogP contribution in [0, 0.1) is 0 Å². The second-order valence-corrected chi connectivity index (χ2v) is 6.75. The molecule has 1 heterocycles. The molecule has 1 saturated heterocycles. The number of likely N-dealkylation sites (tertiary alicyclic amines) is 1. The summed E-state index contributed by atoms with van der Waals surface area (Å²) in [7, 11) is 5.31. The Hall–Kier alpha value is -0.570. The molecule has 0 unspecified atom stereocenters. The Balaban J connectivity index is 0.00000484. The number of hydrogen-bond donors (Lipinski definition) is 2. The fourth-order valence-electron chi connectivity index (χ4n) is 2.64. The lowest BCUT2D eigenvalue weighted by atomic mass is 9.98. The van der Waals surface area contributed by atoms with Crippen LogP contribution in [0.25, 0.3) is 0 Å². The van der Waals surface area contributed by atoms with Gasteiger partial charge in [-0.15, -0.1) is 24.0 Å². The van der Waals surface area contributed by atoms with Gasteiger partial charge < -0.3 is 15.5 Å². The predicted octanol–water partition coefficient (Wildman–Crippen LogP) is 1.51. The predicted molar refractivity (Wildman–Crippen MR) is 108 cm³/mol. The third-order valence-corrected chi connectivity index (χ3v) is 4.25. The summed E-state index contributed by atoms with van der Waals surface area (Å²) in [6.07, 6.45) is 4.42. The molecule has 0 aromatic rings. The zero-order chi connectivity index (χ0) is 16.6. The number of halogens is 1. The van der Waals surface area contributed by atoms with E-state index in [1.165, 1.54) is 32.4 Å². The largest absolute Gasteiger partial charge is 0.356 e. The van der Waals surface area contributed by atoms with Crippen molar-refractivity contribution >= 4 is 35.8 Å². The van der Waals surface area contributed by atoms with Crippen molar-refractivity contribution in [2.24, 2.45) is 4.99 Å². The highest BCUT2D eigenvalue weighted by Gasteiger charge is 2.27. The summed E-state index contributed by atoms with van der Waals surface area (Å²) in [5.41, 5.74) is 0.109. The smallest absolute Gasteiger partial charge is 0.223 e. The van der Waals surface area contributed by atoms with Gasteiger partial charge in [-0.05, 0) is 39.8 Å². The van der Waals surface area contributed by atoms with E-state index in [1.54, 1.807) is 26.0 Å². The van der Waals surface area contributed by atoms with Crippen LogP contribution in [-0.2, 0) is 4.79 Å². The summed E-state index contributed by atoms with van der Waals surface area (Å²) in [4.78, 5) is 19.9. The van der Waals surface area contributed by atoms with Gasteiger partial charge in [0.15, 0.2) is 5.96 Å². The number of aliphatic imine (C=N–C) groups is 1. The SMILES string of the molecule is CN=C(NCCC(=O)N(C)C)NCC(C)(C)N1CCCCC1.I. The van der Waals surface area contributed by atoms with Gasteiger partial charge in [-0.2, -0.15) is 0 Å². The number of carbonyl (C=O) groups excluding carboxylic acids is 1. The van der Waals surface area contributed by atoms with Crippen molar-refractivity contribution in [2.75, 3.05) is 47.3 Å². The lowest BCUT2D eigenvalue weighted by Gasteiger charge is -2.41. The number of nitrogens with zero attached hydrogens (tertiary/aromatic N) is 3. The Labute approximate surface area is 158 Å². The highest BCUT2D eigenvalue weighted by molar-refractivity contribution is 14.0. The highest BCUT2D eigenvalue weighted by Crippen LogP contribution is 2.19. The number of nitrogens with one attached hydrogen (secondary N) is 2. The molecule has 0 spiro atoms. The maximum Gasteiger partial charge on any atom is 0.223 e. The molecule has 1 rings (SSSR count). The topological polar surface area (TPSA) is 60.0 Å². The number of piperidine rings is 1. The minimum Gasteiger partial charge on any atom is -0.356 e. The summed E-state index contributed by atoms with van der Waals surface area (Å²) >= 11 is 0. The van der Waals surface area contributed by atoms with E-state index >= 15 is 0 Å². The van der Waals surface area contributed by atoms with E-state index in [2.05, 4.69) is 34.4 Å². The van der Waals surface area contributed by atoms with Gasteiger partial charge in [0, 0.05) is 46.2 Å². The minimum absolute atomic E-state index is 0. The number of guanidine groups is 1. The normalized spacial score (nSPS) is 16.5.